The fraction of sp³-hybridized carbons (Fsp3) is 0.826. The summed E-state index contributed by atoms with van der Waals surface area (Å²) < 4.78 is 5.48. The molecule has 0 bridgehead atoms. The largest absolute Gasteiger partial charge is 0.462 e. The fourth-order valence-electron chi connectivity index (χ4n) is 7.56. The van der Waals surface area contributed by atoms with E-state index in [1.54, 1.807) is 6.92 Å². The van der Waals surface area contributed by atoms with Crippen molar-refractivity contribution in [1.29, 1.82) is 0 Å². The molecule has 0 aromatic carbocycles. The van der Waals surface area contributed by atoms with Crippen LogP contribution in [0.2, 0.25) is 0 Å². The fourth-order valence-corrected chi connectivity index (χ4v) is 7.56. The van der Waals surface area contributed by atoms with Gasteiger partial charge in [0.25, 0.3) is 0 Å². The molecule has 1 N–H and O–H groups in total. The lowest BCUT2D eigenvalue weighted by Crippen LogP contribution is -2.63. The molecule has 0 heterocycles. The molecule has 3 saturated carbocycles. The number of ether oxygens (including phenoxy) is 1. The second-order valence-electron chi connectivity index (χ2n) is 10.2. The Bertz CT molecular complexity index is 696. The summed E-state index contributed by atoms with van der Waals surface area (Å²) in [4.78, 5) is 23.6. The Morgan fingerprint density at radius 2 is 1.81 bits per heavy atom. The van der Waals surface area contributed by atoms with Crippen LogP contribution in [0, 0.1) is 28.6 Å². The number of Topliss-reactive ketones (excluding diaryl/α,β-unsaturated/α-hetero) is 1. The van der Waals surface area contributed by atoms with E-state index in [-0.39, 0.29) is 34.7 Å². The zero-order valence-electron chi connectivity index (χ0n) is 17.2. The highest BCUT2D eigenvalue weighted by Crippen LogP contribution is 2.67. The number of hydrogen-bond donors (Lipinski definition) is 1. The number of carbonyl (C=O) groups is 2. The van der Waals surface area contributed by atoms with Gasteiger partial charge in [-0.2, -0.15) is 0 Å². The van der Waals surface area contributed by atoms with Gasteiger partial charge in [0.05, 0.1) is 5.60 Å². The number of fused-ring (bicyclic) bond motifs is 5. The van der Waals surface area contributed by atoms with Crippen LogP contribution in [-0.2, 0) is 14.3 Å². The van der Waals surface area contributed by atoms with Crippen LogP contribution in [0.3, 0.4) is 0 Å². The number of ketones is 1. The third-order valence-electron chi connectivity index (χ3n) is 9.07. The van der Waals surface area contributed by atoms with Crippen LogP contribution in [0.15, 0.2) is 11.6 Å². The van der Waals surface area contributed by atoms with Gasteiger partial charge in [-0.25, -0.2) is 0 Å². The number of rotatable bonds is 2. The van der Waals surface area contributed by atoms with Gasteiger partial charge in [0.1, 0.15) is 11.9 Å². The Kier molecular flexibility index (Phi) is 4.38. The molecule has 7 atom stereocenters. The van der Waals surface area contributed by atoms with E-state index in [4.69, 9.17) is 4.74 Å². The molecule has 0 aromatic heterocycles. The number of esters is 1. The zero-order chi connectivity index (χ0) is 19.6. The highest BCUT2D eigenvalue weighted by molar-refractivity contribution is 5.79. The summed E-state index contributed by atoms with van der Waals surface area (Å²) in [6.45, 7) is 7.75. The third-order valence-corrected chi connectivity index (χ3v) is 9.07. The van der Waals surface area contributed by atoms with E-state index in [2.05, 4.69) is 19.9 Å². The lowest BCUT2D eigenvalue weighted by atomic mass is 9.45. The van der Waals surface area contributed by atoms with Crippen LogP contribution in [0.5, 0.6) is 0 Å². The Labute approximate surface area is 162 Å². The van der Waals surface area contributed by atoms with Crippen molar-refractivity contribution < 1.29 is 19.4 Å². The molecule has 150 valence electrons. The molecule has 4 rings (SSSR count). The van der Waals surface area contributed by atoms with Gasteiger partial charge < -0.3 is 9.84 Å². The van der Waals surface area contributed by atoms with E-state index in [1.165, 1.54) is 12.5 Å². The lowest BCUT2D eigenvalue weighted by molar-refractivity contribution is -0.190. The van der Waals surface area contributed by atoms with Crippen molar-refractivity contribution in [3.05, 3.63) is 11.6 Å². The Morgan fingerprint density at radius 3 is 2.48 bits per heavy atom. The number of allylic oxidation sites excluding steroid dienone is 1. The minimum Gasteiger partial charge on any atom is -0.462 e. The van der Waals surface area contributed by atoms with Crippen molar-refractivity contribution in [3.8, 4) is 0 Å². The molecule has 4 heteroatoms. The minimum absolute atomic E-state index is 0.0410. The van der Waals surface area contributed by atoms with Crippen molar-refractivity contribution in [2.45, 2.75) is 90.8 Å². The molecule has 0 aromatic rings. The third kappa shape index (κ3) is 2.58. The van der Waals surface area contributed by atoms with Crippen molar-refractivity contribution in [1.82, 2.24) is 0 Å². The second-order valence-corrected chi connectivity index (χ2v) is 10.2. The summed E-state index contributed by atoms with van der Waals surface area (Å²) in [5.41, 5.74) is 0.388. The Morgan fingerprint density at radius 1 is 1.07 bits per heavy atom. The molecular formula is C23H34O4. The van der Waals surface area contributed by atoms with Crippen LogP contribution in [0.4, 0.5) is 0 Å². The predicted octanol–water partition coefficient (Wildman–Crippen LogP) is 4.20. The molecule has 4 aliphatic carbocycles. The number of aliphatic hydroxyl groups is 1. The highest BCUT2D eigenvalue weighted by atomic mass is 16.5. The number of hydrogen-bond acceptors (Lipinski definition) is 4. The predicted molar refractivity (Wildman–Crippen MR) is 103 cm³/mol. The SMILES string of the molecule is CC(=O)OC1CCC2(C)C(=CCC3C4CCC(C(C)=O)C4(C)CCC32O)C1. The summed E-state index contributed by atoms with van der Waals surface area (Å²) in [7, 11) is 0. The molecule has 0 saturated heterocycles. The van der Waals surface area contributed by atoms with Crippen molar-refractivity contribution in [2.24, 2.45) is 28.6 Å². The van der Waals surface area contributed by atoms with E-state index in [0.29, 0.717) is 11.7 Å². The minimum atomic E-state index is -0.700. The van der Waals surface area contributed by atoms with Gasteiger partial charge in [-0.05, 0) is 69.1 Å². The first-order chi connectivity index (χ1) is 12.6. The van der Waals surface area contributed by atoms with E-state index in [1.807, 2.05) is 0 Å². The molecule has 3 fully saturated rings. The second kappa shape index (κ2) is 6.17. The van der Waals surface area contributed by atoms with Crippen molar-refractivity contribution in [3.63, 3.8) is 0 Å². The normalized spacial score (nSPS) is 48.7. The van der Waals surface area contributed by atoms with Crippen LogP contribution in [0.1, 0.15) is 79.1 Å². The average Bonchev–Trinajstić information content (AvgIpc) is 2.93. The van der Waals surface area contributed by atoms with E-state index in [0.717, 1.165) is 51.4 Å². The summed E-state index contributed by atoms with van der Waals surface area (Å²) in [5, 5.41) is 12.1. The van der Waals surface area contributed by atoms with Gasteiger partial charge in [0.15, 0.2) is 0 Å². The molecule has 4 aliphatic rings. The van der Waals surface area contributed by atoms with Gasteiger partial charge in [-0.15, -0.1) is 0 Å². The molecule has 0 amide bonds. The molecule has 4 nitrogen and oxygen atoms in total. The lowest BCUT2D eigenvalue weighted by Gasteiger charge is -2.62. The molecule has 0 aliphatic heterocycles. The summed E-state index contributed by atoms with van der Waals surface area (Å²) in [5.74, 6) is 0.923. The number of carbonyl (C=O) groups excluding carboxylic acids is 2. The molecule has 0 spiro atoms. The maximum atomic E-state index is 12.2. The van der Waals surface area contributed by atoms with Crippen LogP contribution < -0.4 is 0 Å². The van der Waals surface area contributed by atoms with Crippen LogP contribution >= 0.6 is 0 Å². The Balaban J connectivity index is 1.65. The maximum absolute atomic E-state index is 12.2. The van der Waals surface area contributed by atoms with Crippen molar-refractivity contribution in [2.75, 3.05) is 0 Å². The van der Waals surface area contributed by atoms with E-state index in [9.17, 15) is 14.7 Å². The summed E-state index contributed by atoms with van der Waals surface area (Å²) in [6, 6.07) is 0. The van der Waals surface area contributed by atoms with Gasteiger partial charge >= 0.3 is 5.97 Å². The topological polar surface area (TPSA) is 63.6 Å². The van der Waals surface area contributed by atoms with E-state index < -0.39 is 5.60 Å². The zero-order valence-corrected chi connectivity index (χ0v) is 17.2. The molecule has 27 heavy (non-hydrogen) atoms. The summed E-state index contributed by atoms with van der Waals surface area (Å²) >= 11 is 0. The first kappa shape index (κ1) is 19.2. The average molecular weight is 375 g/mol. The monoisotopic (exact) mass is 374 g/mol. The first-order valence-corrected chi connectivity index (χ1v) is 10.7. The van der Waals surface area contributed by atoms with E-state index >= 15 is 0 Å². The van der Waals surface area contributed by atoms with Gasteiger partial charge in [0, 0.05) is 24.7 Å². The molecule has 0 radical (unpaired) electrons. The summed E-state index contributed by atoms with van der Waals surface area (Å²) in [6.07, 6.45) is 9.36. The first-order valence-electron chi connectivity index (χ1n) is 10.7. The Hall–Kier alpha value is -1.16. The smallest absolute Gasteiger partial charge is 0.302 e. The standard InChI is InChI=1S/C23H34O4/c1-14(24)18-7-8-19-20-6-5-16-13-17(27-15(2)25)9-10-22(16,4)23(20,26)12-11-21(18,19)3/h5,17-20,26H,6-13H2,1-4H3. The quantitative estimate of drug-likeness (QED) is 0.581. The van der Waals surface area contributed by atoms with Gasteiger partial charge in [0.2, 0.25) is 0 Å². The van der Waals surface area contributed by atoms with Crippen LogP contribution in [0.25, 0.3) is 0 Å². The molecule has 7 unspecified atom stereocenters. The highest BCUT2D eigenvalue weighted by Gasteiger charge is 2.65. The maximum Gasteiger partial charge on any atom is 0.302 e. The molecular weight excluding hydrogens is 340 g/mol. The van der Waals surface area contributed by atoms with Gasteiger partial charge in [-0.1, -0.05) is 25.5 Å². The van der Waals surface area contributed by atoms with Crippen molar-refractivity contribution >= 4 is 11.8 Å². The van der Waals surface area contributed by atoms with Gasteiger partial charge in [-0.3, -0.25) is 9.59 Å². The van der Waals surface area contributed by atoms with Crippen LogP contribution in [-0.4, -0.2) is 28.6 Å².